The van der Waals surface area contributed by atoms with Crippen LogP contribution >= 0.6 is 0 Å². The van der Waals surface area contributed by atoms with Gasteiger partial charge in [0.15, 0.2) is 11.5 Å². The van der Waals surface area contributed by atoms with Gasteiger partial charge < -0.3 is 19.3 Å². The maximum absolute atomic E-state index is 12.8. The molecule has 0 N–H and O–H groups in total. The highest BCUT2D eigenvalue weighted by atomic mass is 16.6. The molecule has 1 unspecified atom stereocenters. The lowest BCUT2D eigenvalue weighted by Crippen LogP contribution is -2.35. The van der Waals surface area contributed by atoms with Gasteiger partial charge in [-0.05, 0) is 30.5 Å². The molecule has 2 amide bonds. The molecule has 0 radical (unpaired) electrons. The second-order valence-corrected chi connectivity index (χ2v) is 7.58. The van der Waals surface area contributed by atoms with Crippen LogP contribution in [0.4, 0.5) is 5.69 Å². The fraction of sp³-hybridized carbons (Fsp3) is 0.391. The van der Waals surface area contributed by atoms with E-state index in [2.05, 4.69) is 12.1 Å². The lowest BCUT2D eigenvalue weighted by atomic mass is 10.1. The summed E-state index contributed by atoms with van der Waals surface area (Å²) in [6.45, 7) is 2.12. The number of aryl methyl sites for hydroxylation is 1. The predicted octanol–water partition coefficient (Wildman–Crippen LogP) is 2.90. The van der Waals surface area contributed by atoms with E-state index in [1.807, 2.05) is 43.4 Å². The topological polar surface area (TPSA) is 59.1 Å². The molecule has 152 valence electrons. The molecule has 2 aromatic carbocycles. The van der Waals surface area contributed by atoms with Crippen molar-refractivity contribution in [3.63, 3.8) is 0 Å². The van der Waals surface area contributed by atoms with Crippen LogP contribution in [0.2, 0.25) is 0 Å². The predicted molar refractivity (Wildman–Crippen MR) is 110 cm³/mol. The van der Waals surface area contributed by atoms with E-state index in [9.17, 15) is 9.59 Å². The lowest BCUT2D eigenvalue weighted by molar-refractivity contribution is -0.134. The van der Waals surface area contributed by atoms with Crippen LogP contribution in [0.3, 0.4) is 0 Å². The first-order valence-corrected chi connectivity index (χ1v) is 10.1. The number of fused-ring (bicyclic) bond motifs is 1. The van der Waals surface area contributed by atoms with Crippen molar-refractivity contribution in [3.05, 3.63) is 54.1 Å². The van der Waals surface area contributed by atoms with Crippen molar-refractivity contribution in [2.45, 2.75) is 19.3 Å². The van der Waals surface area contributed by atoms with Gasteiger partial charge in [0.2, 0.25) is 11.8 Å². The highest BCUT2D eigenvalue weighted by Crippen LogP contribution is 2.36. The van der Waals surface area contributed by atoms with Crippen molar-refractivity contribution in [2.24, 2.45) is 5.92 Å². The van der Waals surface area contributed by atoms with E-state index in [-0.39, 0.29) is 24.2 Å². The normalized spacial score (nSPS) is 18.0. The Morgan fingerprint density at radius 3 is 2.66 bits per heavy atom. The Bertz CT molecular complexity index is 884. The molecule has 2 heterocycles. The number of benzene rings is 2. The van der Waals surface area contributed by atoms with E-state index in [1.165, 1.54) is 5.56 Å². The minimum absolute atomic E-state index is 0.0299. The molecule has 0 bridgehead atoms. The monoisotopic (exact) mass is 394 g/mol. The average Bonchev–Trinajstić information content (AvgIpc) is 3.15. The molecule has 2 aliphatic rings. The Balaban J connectivity index is 1.34. The number of amides is 2. The van der Waals surface area contributed by atoms with Crippen LogP contribution < -0.4 is 14.4 Å². The van der Waals surface area contributed by atoms with Gasteiger partial charge in [0.1, 0.15) is 13.2 Å². The van der Waals surface area contributed by atoms with Crippen LogP contribution in [0.5, 0.6) is 11.5 Å². The zero-order valence-electron chi connectivity index (χ0n) is 16.7. The Labute approximate surface area is 171 Å². The summed E-state index contributed by atoms with van der Waals surface area (Å²) in [5.41, 5.74) is 2.02. The van der Waals surface area contributed by atoms with Crippen molar-refractivity contribution in [1.29, 1.82) is 0 Å². The first-order chi connectivity index (χ1) is 14.1. The molecule has 0 aliphatic carbocycles. The molecular formula is C23H26N2O4. The Kier molecular flexibility index (Phi) is 5.69. The van der Waals surface area contributed by atoms with Crippen LogP contribution in [-0.4, -0.2) is 50.1 Å². The fourth-order valence-electron chi connectivity index (χ4n) is 3.91. The maximum Gasteiger partial charge on any atom is 0.227 e. The number of ether oxygens (including phenoxy) is 2. The second-order valence-electron chi connectivity index (χ2n) is 7.58. The quantitative estimate of drug-likeness (QED) is 0.756. The van der Waals surface area contributed by atoms with Crippen LogP contribution in [0.1, 0.15) is 18.4 Å². The number of hydrogen-bond acceptors (Lipinski definition) is 4. The summed E-state index contributed by atoms with van der Waals surface area (Å²) < 4.78 is 11.2. The molecule has 4 rings (SSSR count). The van der Waals surface area contributed by atoms with Gasteiger partial charge in [0.25, 0.3) is 0 Å². The number of carbonyl (C=O) groups excluding carboxylic acids is 2. The average molecular weight is 394 g/mol. The Hall–Kier alpha value is -3.02. The van der Waals surface area contributed by atoms with E-state index in [4.69, 9.17) is 9.47 Å². The van der Waals surface area contributed by atoms with Gasteiger partial charge >= 0.3 is 0 Å². The van der Waals surface area contributed by atoms with Crippen LogP contribution in [0.15, 0.2) is 48.5 Å². The smallest absolute Gasteiger partial charge is 0.227 e. The summed E-state index contributed by atoms with van der Waals surface area (Å²) in [5.74, 6) is 1.04. The van der Waals surface area contributed by atoms with E-state index in [0.717, 1.165) is 18.5 Å². The van der Waals surface area contributed by atoms with Crippen LogP contribution in [0, 0.1) is 5.92 Å². The van der Waals surface area contributed by atoms with Crippen molar-refractivity contribution < 1.29 is 19.1 Å². The molecule has 0 aromatic heterocycles. The van der Waals surface area contributed by atoms with Gasteiger partial charge in [-0.15, -0.1) is 0 Å². The molecule has 6 heteroatoms. The zero-order chi connectivity index (χ0) is 20.2. The van der Waals surface area contributed by atoms with Gasteiger partial charge in [-0.2, -0.15) is 0 Å². The van der Waals surface area contributed by atoms with Gasteiger partial charge in [0, 0.05) is 38.3 Å². The highest BCUT2D eigenvalue weighted by molar-refractivity contribution is 6.00. The third-order valence-corrected chi connectivity index (χ3v) is 5.49. The summed E-state index contributed by atoms with van der Waals surface area (Å²) in [4.78, 5) is 28.8. The van der Waals surface area contributed by atoms with Crippen LogP contribution in [-0.2, 0) is 16.0 Å². The molecule has 29 heavy (non-hydrogen) atoms. The van der Waals surface area contributed by atoms with Crippen molar-refractivity contribution in [1.82, 2.24) is 4.90 Å². The first kappa shape index (κ1) is 19.3. The van der Waals surface area contributed by atoms with Crippen molar-refractivity contribution in [2.75, 3.05) is 38.3 Å². The second kappa shape index (κ2) is 8.55. The zero-order valence-corrected chi connectivity index (χ0v) is 16.7. The summed E-state index contributed by atoms with van der Waals surface area (Å²) in [6, 6.07) is 15.8. The SMILES string of the molecule is CN(CCCc1ccccc1)C(=O)C1CC(=O)N(c2ccc3c(c2)OCCO3)C1. The number of carbonyl (C=O) groups is 2. The molecular weight excluding hydrogens is 368 g/mol. The van der Waals surface area contributed by atoms with Gasteiger partial charge in [0.05, 0.1) is 5.92 Å². The molecule has 1 fully saturated rings. The maximum atomic E-state index is 12.8. The molecule has 0 spiro atoms. The van der Waals surface area contributed by atoms with Gasteiger partial charge in [-0.1, -0.05) is 30.3 Å². The third-order valence-electron chi connectivity index (χ3n) is 5.49. The Morgan fingerprint density at radius 1 is 1.10 bits per heavy atom. The van der Waals surface area contributed by atoms with Crippen LogP contribution in [0.25, 0.3) is 0 Å². The van der Waals surface area contributed by atoms with E-state index in [0.29, 0.717) is 37.8 Å². The molecule has 0 saturated carbocycles. The number of anilines is 1. The summed E-state index contributed by atoms with van der Waals surface area (Å²) in [5, 5.41) is 0. The number of rotatable bonds is 6. The fourth-order valence-corrected chi connectivity index (χ4v) is 3.91. The number of hydrogen-bond donors (Lipinski definition) is 0. The highest BCUT2D eigenvalue weighted by Gasteiger charge is 2.36. The van der Waals surface area contributed by atoms with E-state index in [1.54, 1.807) is 9.80 Å². The van der Waals surface area contributed by atoms with E-state index >= 15 is 0 Å². The lowest BCUT2D eigenvalue weighted by Gasteiger charge is -2.23. The molecule has 1 saturated heterocycles. The molecule has 2 aromatic rings. The summed E-state index contributed by atoms with van der Waals surface area (Å²) in [6.07, 6.45) is 2.08. The minimum atomic E-state index is -0.308. The van der Waals surface area contributed by atoms with Gasteiger partial charge in [-0.3, -0.25) is 9.59 Å². The van der Waals surface area contributed by atoms with Crippen molar-refractivity contribution in [3.8, 4) is 11.5 Å². The summed E-state index contributed by atoms with van der Waals surface area (Å²) >= 11 is 0. The Morgan fingerprint density at radius 2 is 1.86 bits per heavy atom. The van der Waals surface area contributed by atoms with Crippen molar-refractivity contribution >= 4 is 17.5 Å². The third kappa shape index (κ3) is 4.36. The standard InChI is InChI=1S/C23H26N2O4/c1-24(11-5-8-17-6-3-2-4-7-17)23(27)18-14-22(26)25(16-18)19-9-10-20-21(15-19)29-13-12-28-20/h2-4,6-7,9-10,15,18H,5,8,11-14,16H2,1H3. The van der Waals surface area contributed by atoms with E-state index < -0.39 is 0 Å². The first-order valence-electron chi connectivity index (χ1n) is 10.1. The largest absolute Gasteiger partial charge is 0.486 e. The molecule has 6 nitrogen and oxygen atoms in total. The summed E-state index contributed by atoms with van der Waals surface area (Å²) in [7, 11) is 1.82. The molecule has 2 aliphatic heterocycles. The minimum Gasteiger partial charge on any atom is -0.486 e. The molecule has 1 atom stereocenters. The van der Waals surface area contributed by atoms with Gasteiger partial charge in [-0.25, -0.2) is 0 Å². The number of nitrogens with zero attached hydrogens (tertiary/aromatic N) is 2.